The quantitative estimate of drug-likeness (QED) is 0.616. The molecule has 1 heterocycles. The molecular formula is C20H22ClN3O2. The Kier molecular flexibility index (Phi) is 5.61. The molecule has 0 saturated heterocycles. The lowest BCUT2D eigenvalue weighted by molar-refractivity contribution is 0.196. The summed E-state index contributed by atoms with van der Waals surface area (Å²) in [6, 6.07) is 13.6. The number of nitrogens with one attached hydrogen (secondary N) is 1. The first-order chi connectivity index (χ1) is 12.5. The molecule has 3 rings (SSSR count). The fourth-order valence-corrected chi connectivity index (χ4v) is 2.87. The standard InChI is InChI=1S/C20H22ClN3O2/c1-12-3-4-13(7-17(12)21)18-9-19(23-11-14(25)10-22)16-6-5-15(26-2)8-20(16)24-18/h3-9,14,25H,10-11,22H2,1-2H3,(H,23,24). The summed E-state index contributed by atoms with van der Waals surface area (Å²) in [7, 11) is 1.63. The van der Waals surface area contributed by atoms with E-state index >= 15 is 0 Å². The van der Waals surface area contributed by atoms with Crippen molar-refractivity contribution in [2.24, 2.45) is 5.73 Å². The van der Waals surface area contributed by atoms with Crippen LogP contribution in [0.25, 0.3) is 22.2 Å². The molecule has 0 radical (unpaired) electrons. The molecule has 136 valence electrons. The van der Waals surface area contributed by atoms with Crippen molar-refractivity contribution < 1.29 is 9.84 Å². The molecule has 5 nitrogen and oxygen atoms in total. The molecule has 0 spiro atoms. The van der Waals surface area contributed by atoms with Crippen LogP contribution in [-0.2, 0) is 0 Å². The summed E-state index contributed by atoms with van der Waals surface area (Å²) in [4.78, 5) is 4.77. The largest absolute Gasteiger partial charge is 0.497 e. The summed E-state index contributed by atoms with van der Waals surface area (Å²) >= 11 is 6.28. The number of hydrogen-bond acceptors (Lipinski definition) is 5. The zero-order chi connectivity index (χ0) is 18.7. The minimum Gasteiger partial charge on any atom is -0.497 e. The second-order valence-electron chi connectivity index (χ2n) is 6.17. The zero-order valence-corrected chi connectivity index (χ0v) is 15.5. The molecule has 0 bridgehead atoms. The number of nitrogens with zero attached hydrogens (tertiary/aromatic N) is 1. The molecule has 0 amide bonds. The van der Waals surface area contributed by atoms with Gasteiger partial charge >= 0.3 is 0 Å². The monoisotopic (exact) mass is 371 g/mol. The number of hydrogen-bond donors (Lipinski definition) is 3. The highest BCUT2D eigenvalue weighted by atomic mass is 35.5. The first kappa shape index (κ1) is 18.5. The molecule has 3 aromatic rings. The minimum absolute atomic E-state index is 0.199. The Morgan fingerprint density at radius 3 is 2.73 bits per heavy atom. The number of benzene rings is 2. The summed E-state index contributed by atoms with van der Waals surface area (Å²) in [5.41, 5.74) is 9.90. The highest BCUT2D eigenvalue weighted by Gasteiger charge is 2.11. The number of fused-ring (bicyclic) bond motifs is 1. The number of halogens is 1. The van der Waals surface area contributed by atoms with E-state index in [4.69, 9.17) is 27.1 Å². The molecule has 2 aromatic carbocycles. The number of rotatable bonds is 6. The average molecular weight is 372 g/mol. The summed E-state index contributed by atoms with van der Waals surface area (Å²) < 4.78 is 5.32. The highest BCUT2D eigenvalue weighted by molar-refractivity contribution is 6.31. The normalized spacial score (nSPS) is 12.2. The molecule has 6 heteroatoms. The molecule has 0 aliphatic carbocycles. The highest BCUT2D eigenvalue weighted by Crippen LogP contribution is 2.32. The third-order valence-corrected chi connectivity index (χ3v) is 4.69. The van der Waals surface area contributed by atoms with Gasteiger partial charge < -0.3 is 20.9 Å². The van der Waals surface area contributed by atoms with Crippen molar-refractivity contribution >= 4 is 28.2 Å². The van der Waals surface area contributed by atoms with Crippen molar-refractivity contribution in [3.05, 3.63) is 53.1 Å². The van der Waals surface area contributed by atoms with Crippen molar-refractivity contribution in [1.29, 1.82) is 0 Å². The Labute approximate surface area is 157 Å². The smallest absolute Gasteiger partial charge is 0.121 e. The lowest BCUT2D eigenvalue weighted by atomic mass is 10.1. The van der Waals surface area contributed by atoms with Gasteiger partial charge in [-0.15, -0.1) is 0 Å². The van der Waals surface area contributed by atoms with Crippen LogP contribution < -0.4 is 15.8 Å². The maximum Gasteiger partial charge on any atom is 0.121 e. The van der Waals surface area contributed by atoms with E-state index in [0.717, 1.165) is 39.2 Å². The van der Waals surface area contributed by atoms with Gasteiger partial charge in [0.05, 0.1) is 24.4 Å². The number of methoxy groups -OCH3 is 1. The number of aliphatic hydroxyl groups excluding tert-OH is 1. The summed E-state index contributed by atoms with van der Waals surface area (Å²) in [6.07, 6.45) is -0.617. The van der Waals surface area contributed by atoms with Crippen LogP contribution in [0.3, 0.4) is 0 Å². The summed E-state index contributed by atoms with van der Waals surface area (Å²) in [5, 5.41) is 14.7. The van der Waals surface area contributed by atoms with Crippen molar-refractivity contribution in [3.63, 3.8) is 0 Å². The maximum absolute atomic E-state index is 9.79. The van der Waals surface area contributed by atoms with Gasteiger partial charge in [0, 0.05) is 40.8 Å². The van der Waals surface area contributed by atoms with Gasteiger partial charge in [-0.05, 0) is 36.8 Å². The maximum atomic E-state index is 9.79. The number of nitrogens with two attached hydrogens (primary N) is 1. The van der Waals surface area contributed by atoms with E-state index in [-0.39, 0.29) is 6.54 Å². The number of aromatic nitrogens is 1. The number of ether oxygens (including phenoxy) is 1. The summed E-state index contributed by atoms with van der Waals surface area (Å²) in [6.45, 7) is 2.52. The molecular weight excluding hydrogens is 350 g/mol. The van der Waals surface area contributed by atoms with Crippen LogP contribution in [-0.4, -0.2) is 36.4 Å². The van der Waals surface area contributed by atoms with Crippen LogP contribution in [0.2, 0.25) is 5.02 Å². The van der Waals surface area contributed by atoms with E-state index in [1.807, 2.05) is 49.4 Å². The third-order valence-electron chi connectivity index (χ3n) is 4.28. The third kappa shape index (κ3) is 3.90. The van der Waals surface area contributed by atoms with Gasteiger partial charge in [-0.2, -0.15) is 0 Å². The topological polar surface area (TPSA) is 80.4 Å². The van der Waals surface area contributed by atoms with E-state index in [1.165, 1.54) is 0 Å². The number of aryl methyl sites for hydroxylation is 1. The molecule has 1 atom stereocenters. The SMILES string of the molecule is COc1ccc2c(NCC(O)CN)cc(-c3ccc(C)c(Cl)c3)nc2c1. The lowest BCUT2D eigenvalue weighted by Gasteiger charge is -2.15. The molecule has 0 aliphatic heterocycles. The predicted molar refractivity (Wildman–Crippen MR) is 107 cm³/mol. The zero-order valence-electron chi connectivity index (χ0n) is 14.8. The van der Waals surface area contributed by atoms with Crippen LogP contribution in [0.4, 0.5) is 5.69 Å². The van der Waals surface area contributed by atoms with Crippen molar-refractivity contribution in [1.82, 2.24) is 4.98 Å². The first-order valence-electron chi connectivity index (χ1n) is 8.39. The van der Waals surface area contributed by atoms with Gasteiger partial charge in [0.1, 0.15) is 5.75 Å². The van der Waals surface area contributed by atoms with Crippen LogP contribution in [0.5, 0.6) is 5.75 Å². The van der Waals surface area contributed by atoms with E-state index in [9.17, 15) is 5.11 Å². The van der Waals surface area contributed by atoms with E-state index < -0.39 is 6.10 Å². The van der Waals surface area contributed by atoms with Crippen LogP contribution in [0, 0.1) is 6.92 Å². The van der Waals surface area contributed by atoms with Gasteiger partial charge in [0.25, 0.3) is 0 Å². The first-order valence-corrected chi connectivity index (χ1v) is 8.77. The fourth-order valence-electron chi connectivity index (χ4n) is 2.69. The molecule has 0 aliphatic rings. The molecule has 4 N–H and O–H groups in total. The Hall–Kier alpha value is -2.34. The van der Waals surface area contributed by atoms with Crippen LogP contribution in [0.1, 0.15) is 5.56 Å². The van der Waals surface area contributed by atoms with Gasteiger partial charge in [-0.3, -0.25) is 0 Å². The Morgan fingerprint density at radius 1 is 1.23 bits per heavy atom. The molecule has 0 saturated carbocycles. The number of anilines is 1. The Balaban J connectivity index is 2.11. The number of pyridine rings is 1. The van der Waals surface area contributed by atoms with Gasteiger partial charge in [0.2, 0.25) is 0 Å². The van der Waals surface area contributed by atoms with Crippen molar-refractivity contribution in [2.45, 2.75) is 13.0 Å². The molecule has 26 heavy (non-hydrogen) atoms. The van der Waals surface area contributed by atoms with Gasteiger partial charge in [-0.1, -0.05) is 23.7 Å². The Bertz CT molecular complexity index is 930. The fraction of sp³-hybridized carbons (Fsp3) is 0.250. The van der Waals surface area contributed by atoms with E-state index in [1.54, 1.807) is 7.11 Å². The molecule has 1 aromatic heterocycles. The van der Waals surface area contributed by atoms with Crippen molar-refractivity contribution in [2.75, 3.05) is 25.5 Å². The molecule has 0 fully saturated rings. The van der Waals surface area contributed by atoms with Crippen LogP contribution in [0.15, 0.2) is 42.5 Å². The second kappa shape index (κ2) is 7.91. The lowest BCUT2D eigenvalue weighted by Crippen LogP contribution is -2.27. The molecule has 1 unspecified atom stereocenters. The summed E-state index contributed by atoms with van der Waals surface area (Å²) in [5.74, 6) is 0.733. The predicted octanol–water partition coefficient (Wildman–Crippen LogP) is 3.60. The number of aliphatic hydroxyl groups is 1. The van der Waals surface area contributed by atoms with Crippen molar-refractivity contribution in [3.8, 4) is 17.0 Å². The average Bonchev–Trinajstić information content (AvgIpc) is 2.67. The Morgan fingerprint density at radius 2 is 2.04 bits per heavy atom. The van der Waals surface area contributed by atoms with Gasteiger partial charge in [-0.25, -0.2) is 4.98 Å². The van der Waals surface area contributed by atoms with E-state index in [2.05, 4.69) is 5.32 Å². The van der Waals surface area contributed by atoms with E-state index in [0.29, 0.717) is 11.6 Å². The van der Waals surface area contributed by atoms with Crippen LogP contribution >= 0.6 is 11.6 Å². The second-order valence-corrected chi connectivity index (χ2v) is 6.58. The minimum atomic E-state index is -0.617. The van der Waals surface area contributed by atoms with Gasteiger partial charge in [0.15, 0.2) is 0 Å².